The van der Waals surface area contributed by atoms with Crippen LogP contribution in [0.2, 0.25) is 0 Å². The molecule has 7 nitrogen and oxygen atoms in total. The molecule has 0 radical (unpaired) electrons. The number of hydrogen-bond acceptors (Lipinski definition) is 4. The van der Waals surface area contributed by atoms with Gasteiger partial charge in [-0.15, -0.1) is 0 Å². The minimum Gasteiger partial charge on any atom is -0.508 e. The van der Waals surface area contributed by atoms with Crippen molar-refractivity contribution in [3.05, 3.63) is 82.6 Å². The lowest BCUT2D eigenvalue weighted by atomic mass is 10.1. The molecule has 4 amide bonds. The number of phenols is 1. The number of benzene rings is 2. The minimum absolute atomic E-state index is 0.131. The van der Waals surface area contributed by atoms with Gasteiger partial charge in [-0.3, -0.25) is 14.9 Å². The first-order chi connectivity index (χ1) is 13.9. The highest BCUT2D eigenvalue weighted by atomic mass is 79.9. The zero-order valence-corrected chi connectivity index (χ0v) is 16.5. The number of barbiturate groups is 1. The molecule has 1 aliphatic heterocycles. The smallest absolute Gasteiger partial charge is 0.335 e. The van der Waals surface area contributed by atoms with Crippen molar-refractivity contribution in [1.82, 2.24) is 9.88 Å². The first kappa shape index (κ1) is 18.7. The Morgan fingerprint density at radius 3 is 2.24 bits per heavy atom. The number of nitrogens with one attached hydrogen (secondary N) is 1. The van der Waals surface area contributed by atoms with Crippen LogP contribution in [0.3, 0.4) is 0 Å². The number of imide groups is 2. The lowest BCUT2D eigenvalue weighted by Crippen LogP contribution is -2.54. The molecule has 4 rings (SSSR count). The molecule has 1 fully saturated rings. The summed E-state index contributed by atoms with van der Waals surface area (Å²) in [7, 11) is 0. The highest BCUT2D eigenvalue weighted by Gasteiger charge is 2.36. The van der Waals surface area contributed by atoms with E-state index in [0.717, 1.165) is 15.1 Å². The van der Waals surface area contributed by atoms with E-state index in [0.29, 0.717) is 11.4 Å². The molecule has 2 heterocycles. The predicted molar refractivity (Wildman–Crippen MR) is 111 cm³/mol. The van der Waals surface area contributed by atoms with E-state index in [4.69, 9.17) is 0 Å². The number of nitrogens with zero attached hydrogens (tertiary/aromatic N) is 2. The molecule has 2 aromatic carbocycles. The van der Waals surface area contributed by atoms with Crippen molar-refractivity contribution in [3.8, 4) is 11.4 Å². The summed E-state index contributed by atoms with van der Waals surface area (Å²) in [6, 6.07) is 15.8. The van der Waals surface area contributed by atoms with E-state index < -0.39 is 17.8 Å². The fraction of sp³-hybridized carbons (Fsp3) is 0. The van der Waals surface area contributed by atoms with Gasteiger partial charge in [0.25, 0.3) is 11.8 Å². The number of aromatic hydroxyl groups is 1. The number of phenolic OH excluding ortho intramolecular Hbond substituents is 1. The number of anilines is 1. The van der Waals surface area contributed by atoms with Gasteiger partial charge in [-0.25, -0.2) is 9.69 Å². The van der Waals surface area contributed by atoms with Gasteiger partial charge >= 0.3 is 6.03 Å². The minimum atomic E-state index is -0.798. The fourth-order valence-corrected chi connectivity index (χ4v) is 3.25. The Bertz CT molecular complexity index is 1150. The average molecular weight is 452 g/mol. The number of urea groups is 1. The second-order valence-electron chi connectivity index (χ2n) is 6.25. The maximum absolute atomic E-state index is 13.0. The molecule has 0 spiro atoms. The average Bonchev–Trinajstić information content (AvgIpc) is 3.15. The zero-order chi connectivity index (χ0) is 20.5. The van der Waals surface area contributed by atoms with Crippen LogP contribution in [0.15, 0.2) is 76.9 Å². The number of carbonyl (C=O) groups excluding carboxylic acids is 3. The second kappa shape index (κ2) is 7.40. The zero-order valence-electron chi connectivity index (χ0n) is 14.9. The molecule has 1 saturated heterocycles. The largest absolute Gasteiger partial charge is 0.508 e. The number of carbonyl (C=O) groups is 3. The molecule has 3 aromatic rings. The fourth-order valence-electron chi connectivity index (χ4n) is 2.99. The SMILES string of the molecule is O=C1NC(=O)N(c2ccc(Br)cc2)C(=O)/C1=C\c1cccn1-c1ccc(O)cc1. The van der Waals surface area contributed by atoms with Gasteiger partial charge in [0.15, 0.2) is 0 Å². The van der Waals surface area contributed by atoms with E-state index in [2.05, 4.69) is 21.2 Å². The normalized spacial score (nSPS) is 15.7. The molecule has 0 bridgehead atoms. The van der Waals surface area contributed by atoms with Crippen LogP contribution in [0, 0.1) is 0 Å². The predicted octanol–water partition coefficient (Wildman–Crippen LogP) is 3.61. The Kier molecular flexibility index (Phi) is 4.77. The third-order valence-corrected chi connectivity index (χ3v) is 4.92. The number of halogens is 1. The van der Waals surface area contributed by atoms with Crippen LogP contribution in [0.25, 0.3) is 11.8 Å². The van der Waals surface area contributed by atoms with E-state index in [1.165, 1.54) is 6.08 Å². The van der Waals surface area contributed by atoms with E-state index in [1.807, 2.05) is 0 Å². The quantitative estimate of drug-likeness (QED) is 0.469. The summed E-state index contributed by atoms with van der Waals surface area (Å²) in [4.78, 5) is 38.5. The Balaban J connectivity index is 1.73. The summed E-state index contributed by atoms with van der Waals surface area (Å²) in [5.41, 5.74) is 1.50. The molecule has 0 atom stereocenters. The highest BCUT2D eigenvalue weighted by Crippen LogP contribution is 2.24. The number of rotatable bonds is 3. The number of amides is 4. The van der Waals surface area contributed by atoms with Crippen molar-refractivity contribution in [2.45, 2.75) is 0 Å². The summed E-state index contributed by atoms with van der Waals surface area (Å²) in [5, 5.41) is 11.7. The molecule has 2 N–H and O–H groups in total. The van der Waals surface area contributed by atoms with Crippen LogP contribution in [-0.2, 0) is 9.59 Å². The molecule has 0 unspecified atom stereocenters. The van der Waals surface area contributed by atoms with Gasteiger partial charge in [-0.05, 0) is 66.7 Å². The molecule has 8 heteroatoms. The van der Waals surface area contributed by atoms with Crippen molar-refractivity contribution in [2.75, 3.05) is 4.90 Å². The Labute approximate surface area is 174 Å². The molecular formula is C21H14BrN3O4. The Morgan fingerprint density at radius 2 is 1.55 bits per heavy atom. The highest BCUT2D eigenvalue weighted by molar-refractivity contribution is 9.10. The number of hydrogen-bond donors (Lipinski definition) is 2. The van der Waals surface area contributed by atoms with Crippen molar-refractivity contribution in [2.24, 2.45) is 0 Å². The van der Waals surface area contributed by atoms with Crippen LogP contribution in [0.4, 0.5) is 10.5 Å². The van der Waals surface area contributed by atoms with E-state index in [-0.39, 0.29) is 11.3 Å². The summed E-state index contributed by atoms with van der Waals surface area (Å²) < 4.78 is 2.55. The van der Waals surface area contributed by atoms with Crippen molar-refractivity contribution in [3.63, 3.8) is 0 Å². The molecule has 1 aromatic heterocycles. The van der Waals surface area contributed by atoms with Crippen molar-refractivity contribution in [1.29, 1.82) is 0 Å². The van der Waals surface area contributed by atoms with Crippen LogP contribution in [-0.4, -0.2) is 27.5 Å². The molecular weight excluding hydrogens is 438 g/mol. The van der Waals surface area contributed by atoms with Crippen molar-refractivity contribution < 1.29 is 19.5 Å². The Morgan fingerprint density at radius 1 is 0.897 bits per heavy atom. The molecule has 29 heavy (non-hydrogen) atoms. The van der Waals surface area contributed by atoms with Crippen LogP contribution >= 0.6 is 15.9 Å². The monoisotopic (exact) mass is 451 g/mol. The topological polar surface area (TPSA) is 91.6 Å². The van der Waals surface area contributed by atoms with Gasteiger partial charge in [0, 0.05) is 22.1 Å². The summed E-state index contributed by atoms with van der Waals surface area (Å²) in [6.07, 6.45) is 3.20. The van der Waals surface area contributed by atoms with Crippen LogP contribution < -0.4 is 10.2 Å². The lowest BCUT2D eigenvalue weighted by Gasteiger charge is -2.26. The third kappa shape index (κ3) is 3.57. The summed E-state index contributed by atoms with van der Waals surface area (Å²) in [6.45, 7) is 0. The van der Waals surface area contributed by atoms with Gasteiger partial charge in [0.2, 0.25) is 0 Å². The van der Waals surface area contributed by atoms with E-state index in [1.54, 1.807) is 71.4 Å². The van der Waals surface area contributed by atoms with Crippen molar-refractivity contribution >= 4 is 45.5 Å². The maximum atomic E-state index is 13.0. The third-order valence-electron chi connectivity index (χ3n) is 4.39. The Hall–Kier alpha value is -3.65. The van der Waals surface area contributed by atoms with Gasteiger partial charge in [0.05, 0.1) is 5.69 Å². The molecule has 144 valence electrons. The lowest BCUT2D eigenvalue weighted by molar-refractivity contribution is -0.122. The summed E-state index contributed by atoms with van der Waals surface area (Å²) in [5.74, 6) is -1.34. The second-order valence-corrected chi connectivity index (χ2v) is 7.17. The number of aromatic nitrogens is 1. The molecule has 0 saturated carbocycles. The molecule has 0 aliphatic carbocycles. The maximum Gasteiger partial charge on any atom is 0.335 e. The van der Waals surface area contributed by atoms with E-state index in [9.17, 15) is 19.5 Å². The first-order valence-corrected chi connectivity index (χ1v) is 9.37. The first-order valence-electron chi connectivity index (χ1n) is 8.58. The van der Waals surface area contributed by atoms with Crippen LogP contribution in [0.1, 0.15) is 5.69 Å². The van der Waals surface area contributed by atoms with E-state index >= 15 is 0 Å². The molecule has 1 aliphatic rings. The van der Waals surface area contributed by atoms with Gasteiger partial charge in [-0.1, -0.05) is 15.9 Å². The van der Waals surface area contributed by atoms with Gasteiger partial charge in [0.1, 0.15) is 11.3 Å². The summed E-state index contributed by atoms with van der Waals surface area (Å²) >= 11 is 3.31. The standard InChI is InChI=1S/C21H14BrN3O4/c22-13-3-5-15(6-4-13)25-20(28)18(19(27)23-21(25)29)12-16-2-1-11-24(16)14-7-9-17(26)10-8-14/h1-12,26H,(H,23,27,29)/b18-12-. The van der Waals surface area contributed by atoms with Gasteiger partial charge in [-0.2, -0.15) is 0 Å². The van der Waals surface area contributed by atoms with Crippen LogP contribution in [0.5, 0.6) is 5.75 Å². The van der Waals surface area contributed by atoms with Gasteiger partial charge < -0.3 is 9.67 Å².